The topological polar surface area (TPSA) is 61.4 Å². The van der Waals surface area contributed by atoms with E-state index in [-0.39, 0.29) is 18.1 Å². The van der Waals surface area contributed by atoms with Crippen molar-refractivity contribution in [3.8, 4) is 0 Å². The van der Waals surface area contributed by atoms with Crippen LogP contribution in [-0.4, -0.2) is 24.3 Å². The third-order valence-electron chi connectivity index (χ3n) is 3.96. The predicted octanol–water partition coefficient (Wildman–Crippen LogP) is 3.40. The SMILES string of the molecule is O=C(NCC1(CO)CCCCC1)Nc1cccc(Cl)c1. The Morgan fingerprint density at radius 3 is 2.70 bits per heavy atom. The first-order chi connectivity index (χ1) is 9.63. The van der Waals surface area contributed by atoms with Gasteiger partial charge in [-0.2, -0.15) is 0 Å². The van der Waals surface area contributed by atoms with Gasteiger partial charge in [0.1, 0.15) is 0 Å². The highest BCUT2D eigenvalue weighted by Gasteiger charge is 2.31. The van der Waals surface area contributed by atoms with Crippen molar-refractivity contribution in [1.29, 1.82) is 0 Å². The molecule has 0 aromatic heterocycles. The van der Waals surface area contributed by atoms with Crippen molar-refractivity contribution in [2.24, 2.45) is 5.41 Å². The zero-order chi connectivity index (χ0) is 14.4. The van der Waals surface area contributed by atoms with Gasteiger partial charge in [-0.1, -0.05) is 36.9 Å². The van der Waals surface area contributed by atoms with Crippen LogP contribution in [0.2, 0.25) is 5.02 Å². The number of hydrogen-bond donors (Lipinski definition) is 3. The summed E-state index contributed by atoms with van der Waals surface area (Å²) >= 11 is 5.87. The highest BCUT2D eigenvalue weighted by molar-refractivity contribution is 6.30. The number of hydrogen-bond acceptors (Lipinski definition) is 2. The van der Waals surface area contributed by atoms with E-state index in [0.29, 0.717) is 17.3 Å². The maximum absolute atomic E-state index is 11.9. The van der Waals surface area contributed by atoms with Crippen LogP contribution in [0, 0.1) is 5.41 Å². The molecule has 1 saturated carbocycles. The van der Waals surface area contributed by atoms with Crippen LogP contribution >= 0.6 is 11.6 Å². The van der Waals surface area contributed by atoms with Gasteiger partial charge in [-0.15, -0.1) is 0 Å². The van der Waals surface area contributed by atoms with E-state index in [1.165, 1.54) is 6.42 Å². The highest BCUT2D eigenvalue weighted by Crippen LogP contribution is 2.35. The van der Waals surface area contributed by atoms with E-state index in [0.717, 1.165) is 25.7 Å². The molecule has 1 aliphatic rings. The summed E-state index contributed by atoms with van der Waals surface area (Å²) in [5, 5.41) is 15.8. The molecule has 0 radical (unpaired) electrons. The van der Waals surface area contributed by atoms with Gasteiger partial charge >= 0.3 is 6.03 Å². The van der Waals surface area contributed by atoms with Crippen LogP contribution in [0.1, 0.15) is 32.1 Å². The van der Waals surface area contributed by atoms with Gasteiger partial charge in [0.25, 0.3) is 0 Å². The van der Waals surface area contributed by atoms with Crippen molar-refractivity contribution >= 4 is 23.3 Å². The molecule has 0 spiro atoms. The first kappa shape index (κ1) is 15.1. The van der Waals surface area contributed by atoms with Crippen LogP contribution in [0.5, 0.6) is 0 Å². The van der Waals surface area contributed by atoms with Crippen molar-refractivity contribution in [3.05, 3.63) is 29.3 Å². The number of aliphatic hydroxyl groups excluding tert-OH is 1. The van der Waals surface area contributed by atoms with E-state index in [4.69, 9.17) is 11.6 Å². The van der Waals surface area contributed by atoms with Gasteiger partial charge in [0.15, 0.2) is 0 Å². The van der Waals surface area contributed by atoms with Crippen LogP contribution in [0.15, 0.2) is 24.3 Å². The van der Waals surface area contributed by atoms with Crippen molar-refractivity contribution in [3.63, 3.8) is 0 Å². The summed E-state index contributed by atoms with van der Waals surface area (Å²) in [6.07, 6.45) is 5.41. The molecule has 1 fully saturated rings. The molecule has 3 N–H and O–H groups in total. The average molecular weight is 297 g/mol. The molecule has 1 aliphatic carbocycles. The van der Waals surface area contributed by atoms with Gasteiger partial charge in [-0.3, -0.25) is 0 Å². The summed E-state index contributed by atoms with van der Waals surface area (Å²) in [5.41, 5.74) is 0.515. The van der Waals surface area contributed by atoms with Gasteiger partial charge in [0.05, 0.1) is 6.61 Å². The van der Waals surface area contributed by atoms with E-state index >= 15 is 0 Å². The first-order valence-electron chi connectivity index (χ1n) is 7.05. The second-order valence-corrected chi connectivity index (χ2v) is 5.97. The predicted molar refractivity (Wildman–Crippen MR) is 81.1 cm³/mol. The number of aliphatic hydroxyl groups is 1. The van der Waals surface area contributed by atoms with Gasteiger partial charge < -0.3 is 15.7 Å². The smallest absolute Gasteiger partial charge is 0.319 e. The molecule has 5 heteroatoms. The fourth-order valence-electron chi connectivity index (χ4n) is 2.70. The molecule has 2 rings (SSSR count). The van der Waals surface area contributed by atoms with Crippen molar-refractivity contribution in [2.75, 3.05) is 18.5 Å². The zero-order valence-electron chi connectivity index (χ0n) is 11.5. The van der Waals surface area contributed by atoms with Gasteiger partial charge in [0.2, 0.25) is 0 Å². The Balaban J connectivity index is 1.85. The first-order valence-corrected chi connectivity index (χ1v) is 7.43. The Morgan fingerprint density at radius 1 is 1.30 bits per heavy atom. The number of rotatable bonds is 4. The number of benzene rings is 1. The van der Waals surface area contributed by atoms with E-state index in [9.17, 15) is 9.90 Å². The lowest BCUT2D eigenvalue weighted by molar-refractivity contribution is 0.0840. The normalized spacial score (nSPS) is 17.5. The number of carbonyl (C=O) groups is 1. The molecule has 1 aromatic carbocycles. The third kappa shape index (κ3) is 4.12. The minimum absolute atomic E-state index is 0.129. The van der Waals surface area contributed by atoms with Crippen LogP contribution < -0.4 is 10.6 Å². The molecular formula is C15H21ClN2O2. The van der Waals surface area contributed by atoms with Crippen molar-refractivity contribution < 1.29 is 9.90 Å². The molecule has 0 aliphatic heterocycles. The minimum Gasteiger partial charge on any atom is -0.396 e. The zero-order valence-corrected chi connectivity index (χ0v) is 12.2. The summed E-state index contributed by atoms with van der Waals surface area (Å²) in [5.74, 6) is 0. The summed E-state index contributed by atoms with van der Waals surface area (Å²) in [7, 11) is 0. The van der Waals surface area contributed by atoms with E-state index < -0.39 is 0 Å². The minimum atomic E-state index is -0.259. The number of carbonyl (C=O) groups excluding carboxylic acids is 1. The lowest BCUT2D eigenvalue weighted by Crippen LogP contribution is -2.42. The van der Waals surface area contributed by atoms with E-state index in [2.05, 4.69) is 10.6 Å². The largest absolute Gasteiger partial charge is 0.396 e. The van der Waals surface area contributed by atoms with E-state index in [1.54, 1.807) is 24.3 Å². The quantitative estimate of drug-likeness (QED) is 0.797. The summed E-state index contributed by atoms with van der Waals surface area (Å²) < 4.78 is 0. The van der Waals surface area contributed by atoms with E-state index in [1.807, 2.05) is 0 Å². The molecule has 110 valence electrons. The maximum Gasteiger partial charge on any atom is 0.319 e. The summed E-state index contributed by atoms with van der Waals surface area (Å²) in [6.45, 7) is 0.639. The lowest BCUT2D eigenvalue weighted by atomic mass is 9.74. The number of amides is 2. The molecule has 1 aromatic rings. The monoisotopic (exact) mass is 296 g/mol. The number of anilines is 1. The fraction of sp³-hybridized carbons (Fsp3) is 0.533. The van der Waals surface area contributed by atoms with Crippen LogP contribution in [-0.2, 0) is 0 Å². The Labute approximate surface area is 124 Å². The number of urea groups is 1. The summed E-state index contributed by atoms with van der Waals surface area (Å²) in [6, 6.07) is 6.77. The maximum atomic E-state index is 11.9. The fourth-order valence-corrected chi connectivity index (χ4v) is 2.89. The Hall–Kier alpha value is -1.26. The van der Waals surface area contributed by atoms with Gasteiger partial charge in [0, 0.05) is 22.7 Å². The Kier molecular flexibility index (Phi) is 5.26. The molecule has 0 atom stereocenters. The number of halogens is 1. The number of nitrogens with one attached hydrogen (secondary N) is 2. The second kappa shape index (κ2) is 6.95. The molecular weight excluding hydrogens is 276 g/mol. The van der Waals surface area contributed by atoms with Gasteiger partial charge in [-0.05, 0) is 31.0 Å². The molecule has 0 bridgehead atoms. The van der Waals surface area contributed by atoms with Crippen molar-refractivity contribution in [2.45, 2.75) is 32.1 Å². The average Bonchev–Trinajstić information content (AvgIpc) is 2.46. The van der Waals surface area contributed by atoms with Gasteiger partial charge in [-0.25, -0.2) is 4.79 Å². The molecule has 0 heterocycles. The lowest BCUT2D eigenvalue weighted by Gasteiger charge is -2.35. The Bertz CT molecular complexity index is 459. The third-order valence-corrected chi connectivity index (χ3v) is 4.19. The summed E-state index contributed by atoms with van der Waals surface area (Å²) in [4.78, 5) is 11.9. The molecule has 0 unspecified atom stereocenters. The second-order valence-electron chi connectivity index (χ2n) is 5.54. The molecule has 20 heavy (non-hydrogen) atoms. The highest BCUT2D eigenvalue weighted by atomic mass is 35.5. The van der Waals surface area contributed by atoms with Crippen LogP contribution in [0.3, 0.4) is 0 Å². The van der Waals surface area contributed by atoms with Crippen LogP contribution in [0.25, 0.3) is 0 Å². The molecule has 4 nitrogen and oxygen atoms in total. The Morgan fingerprint density at radius 2 is 2.05 bits per heavy atom. The van der Waals surface area contributed by atoms with Crippen molar-refractivity contribution in [1.82, 2.24) is 5.32 Å². The molecule has 0 saturated heterocycles. The van der Waals surface area contributed by atoms with Crippen LogP contribution in [0.4, 0.5) is 10.5 Å². The standard InChI is InChI=1S/C15H21ClN2O2/c16-12-5-4-6-13(9-12)18-14(20)17-10-15(11-19)7-2-1-3-8-15/h4-6,9,19H,1-3,7-8,10-11H2,(H2,17,18,20). The molecule has 2 amide bonds.